The minimum absolute atomic E-state index is 0.0649. The number of nitrogens with zero attached hydrogens (tertiary/aromatic N) is 1. The fourth-order valence-electron chi connectivity index (χ4n) is 2.11. The van der Waals surface area contributed by atoms with Crippen molar-refractivity contribution in [1.29, 1.82) is 0 Å². The van der Waals surface area contributed by atoms with Gasteiger partial charge in [-0.3, -0.25) is 0 Å². The van der Waals surface area contributed by atoms with Gasteiger partial charge in [0.05, 0.1) is 5.75 Å². The molecule has 0 aliphatic heterocycles. The van der Waals surface area contributed by atoms with E-state index < -0.39 is 9.84 Å². The highest BCUT2D eigenvalue weighted by Gasteiger charge is 2.12. The molecule has 0 spiro atoms. The first-order valence-corrected chi connectivity index (χ1v) is 7.52. The highest BCUT2D eigenvalue weighted by molar-refractivity contribution is 7.89. The third-order valence-electron chi connectivity index (χ3n) is 2.74. The molecule has 0 bridgehead atoms. The molecule has 17 heavy (non-hydrogen) atoms. The molecule has 1 heterocycles. The van der Waals surface area contributed by atoms with E-state index in [-0.39, 0.29) is 5.75 Å². The summed E-state index contributed by atoms with van der Waals surface area (Å²) in [6.07, 6.45) is 1.25. The Morgan fingerprint density at radius 3 is 2.59 bits per heavy atom. The molecule has 2 N–H and O–H groups in total. The van der Waals surface area contributed by atoms with Gasteiger partial charge in [-0.25, -0.2) is 8.42 Å². The number of fused-ring (bicyclic) bond motifs is 1. The number of aromatic nitrogens is 1. The van der Waals surface area contributed by atoms with Crippen molar-refractivity contribution in [3.8, 4) is 0 Å². The number of nitrogens with two attached hydrogens (primary N) is 1. The van der Waals surface area contributed by atoms with Gasteiger partial charge in [0.15, 0.2) is 9.84 Å². The quantitative estimate of drug-likeness (QED) is 0.847. The van der Waals surface area contributed by atoms with Gasteiger partial charge in [-0.2, -0.15) is 0 Å². The Hall–Kier alpha value is -1.49. The van der Waals surface area contributed by atoms with Crippen molar-refractivity contribution in [1.82, 2.24) is 4.57 Å². The van der Waals surface area contributed by atoms with Gasteiger partial charge in [0.25, 0.3) is 0 Å². The third-order valence-corrected chi connectivity index (χ3v) is 3.56. The van der Waals surface area contributed by atoms with Gasteiger partial charge in [-0.15, -0.1) is 0 Å². The Kier molecular flexibility index (Phi) is 2.87. The molecule has 1 aromatic heterocycles. The maximum absolute atomic E-state index is 11.4. The lowest BCUT2D eigenvalue weighted by molar-refractivity contribution is 0.598. The minimum Gasteiger partial charge on any atom is -0.399 e. The van der Waals surface area contributed by atoms with E-state index in [4.69, 9.17) is 5.73 Å². The van der Waals surface area contributed by atoms with Gasteiger partial charge in [0, 0.05) is 35.1 Å². The molecule has 0 saturated carbocycles. The molecule has 2 rings (SSSR count). The second-order valence-corrected chi connectivity index (χ2v) is 6.41. The van der Waals surface area contributed by atoms with E-state index in [1.165, 1.54) is 6.26 Å². The lowest BCUT2D eigenvalue weighted by Crippen LogP contribution is -2.07. The van der Waals surface area contributed by atoms with E-state index in [1.807, 2.05) is 35.8 Å². The fraction of sp³-hybridized carbons (Fsp3) is 0.333. The standard InChI is InChI=1S/C12H16N2O2S/c1-3-14-11(8-17(2,15)16)7-9-6-10(13)4-5-12(9)14/h4-7H,3,8,13H2,1-2H3. The maximum atomic E-state index is 11.4. The van der Waals surface area contributed by atoms with Crippen molar-refractivity contribution in [3.63, 3.8) is 0 Å². The highest BCUT2D eigenvalue weighted by Crippen LogP contribution is 2.23. The van der Waals surface area contributed by atoms with Crippen molar-refractivity contribution in [3.05, 3.63) is 30.0 Å². The lowest BCUT2D eigenvalue weighted by atomic mass is 10.2. The summed E-state index contributed by atoms with van der Waals surface area (Å²) in [5.74, 6) is 0.0649. The van der Waals surface area contributed by atoms with Gasteiger partial charge < -0.3 is 10.3 Å². The van der Waals surface area contributed by atoms with E-state index in [2.05, 4.69) is 0 Å². The second-order valence-electron chi connectivity index (χ2n) is 4.27. The number of hydrogen-bond donors (Lipinski definition) is 1. The summed E-state index contributed by atoms with van der Waals surface area (Å²) in [7, 11) is -3.02. The predicted octanol–water partition coefficient (Wildman–Crippen LogP) is 1.79. The number of hydrogen-bond acceptors (Lipinski definition) is 3. The summed E-state index contributed by atoms with van der Waals surface area (Å²) in [6.45, 7) is 2.75. The van der Waals surface area contributed by atoms with Crippen LogP contribution in [0.2, 0.25) is 0 Å². The largest absolute Gasteiger partial charge is 0.399 e. The van der Waals surface area contributed by atoms with Crippen LogP contribution in [0.5, 0.6) is 0 Å². The van der Waals surface area contributed by atoms with E-state index in [9.17, 15) is 8.42 Å². The van der Waals surface area contributed by atoms with Crippen LogP contribution >= 0.6 is 0 Å². The smallest absolute Gasteiger partial charge is 0.153 e. The van der Waals surface area contributed by atoms with Gasteiger partial charge in [0.2, 0.25) is 0 Å². The molecule has 92 valence electrons. The van der Waals surface area contributed by atoms with Crippen molar-refractivity contribution in [2.45, 2.75) is 19.2 Å². The van der Waals surface area contributed by atoms with Gasteiger partial charge in [0.1, 0.15) is 0 Å². The summed E-state index contributed by atoms with van der Waals surface area (Å²) < 4.78 is 24.8. The third kappa shape index (κ3) is 2.44. The fourth-order valence-corrected chi connectivity index (χ4v) is 2.88. The first-order chi connectivity index (χ1) is 7.90. The van der Waals surface area contributed by atoms with Crippen molar-refractivity contribution in [2.75, 3.05) is 12.0 Å². The molecule has 2 aromatic rings. The number of benzene rings is 1. The maximum Gasteiger partial charge on any atom is 0.153 e. The Balaban J connectivity index is 2.63. The van der Waals surface area contributed by atoms with E-state index >= 15 is 0 Å². The Labute approximate surface area is 101 Å². The zero-order valence-electron chi connectivity index (χ0n) is 9.97. The molecule has 0 radical (unpaired) electrons. The number of sulfone groups is 1. The van der Waals surface area contributed by atoms with E-state index in [1.54, 1.807) is 0 Å². The zero-order chi connectivity index (χ0) is 12.6. The van der Waals surface area contributed by atoms with E-state index in [0.29, 0.717) is 5.69 Å². The van der Waals surface area contributed by atoms with Crippen LogP contribution in [0.15, 0.2) is 24.3 Å². The molecule has 5 heteroatoms. The molecular weight excluding hydrogens is 236 g/mol. The van der Waals surface area contributed by atoms with E-state index in [0.717, 1.165) is 23.1 Å². The first-order valence-electron chi connectivity index (χ1n) is 5.46. The average molecular weight is 252 g/mol. The van der Waals surface area contributed by atoms with Gasteiger partial charge in [-0.1, -0.05) is 0 Å². The van der Waals surface area contributed by atoms with Gasteiger partial charge >= 0.3 is 0 Å². The summed E-state index contributed by atoms with van der Waals surface area (Å²) in [5.41, 5.74) is 8.26. The summed E-state index contributed by atoms with van der Waals surface area (Å²) in [6, 6.07) is 7.53. The molecule has 0 atom stereocenters. The number of rotatable bonds is 3. The van der Waals surface area contributed by atoms with Crippen LogP contribution in [-0.4, -0.2) is 19.2 Å². The summed E-state index contributed by atoms with van der Waals surface area (Å²) in [4.78, 5) is 0. The normalized spacial score (nSPS) is 12.1. The van der Waals surface area contributed by atoms with Crippen molar-refractivity contribution >= 4 is 26.4 Å². The highest BCUT2D eigenvalue weighted by atomic mass is 32.2. The number of anilines is 1. The molecule has 0 aliphatic rings. The van der Waals surface area contributed by atoms with Crippen LogP contribution in [-0.2, 0) is 22.1 Å². The molecule has 1 aromatic carbocycles. The first kappa shape index (κ1) is 12.0. The van der Waals surface area contributed by atoms with Crippen LogP contribution < -0.4 is 5.73 Å². The van der Waals surface area contributed by atoms with Gasteiger partial charge in [-0.05, 0) is 31.2 Å². The summed E-state index contributed by atoms with van der Waals surface area (Å²) >= 11 is 0. The molecule has 0 aliphatic carbocycles. The molecule has 0 unspecified atom stereocenters. The van der Waals surface area contributed by atoms with Crippen molar-refractivity contribution in [2.24, 2.45) is 0 Å². The monoisotopic (exact) mass is 252 g/mol. The predicted molar refractivity (Wildman–Crippen MR) is 70.6 cm³/mol. The van der Waals surface area contributed by atoms with Crippen LogP contribution in [0.4, 0.5) is 5.69 Å². The minimum atomic E-state index is -3.02. The Bertz CT molecular complexity index is 656. The molecule has 0 saturated heterocycles. The van der Waals surface area contributed by atoms with Crippen molar-refractivity contribution < 1.29 is 8.42 Å². The van der Waals surface area contributed by atoms with Crippen LogP contribution in [0, 0.1) is 0 Å². The number of aryl methyl sites for hydroxylation is 1. The topological polar surface area (TPSA) is 65.1 Å². The van der Waals surface area contributed by atoms with Crippen LogP contribution in [0.3, 0.4) is 0 Å². The molecule has 0 fully saturated rings. The summed E-state index contributed by atoms with van der Waals surface area (Å²) in [5, 5.41) is 0.991. The molecular formula is C12H16N2O2S. The zero-order valence-corrected chi connectivity index (χ0v) is 10.8. The second kappa shape index (κ2) is 4.07. The van der Waals surface area contributed by atoms with Crippen LogP contribution in [0.25, 0.3) is 10.9 Å². The SMILES string of the molecule is CCn1c(CS(C)(=O)=O)cc2cc(N)ccc21. The average Bonchev–Trinajstić information content (AvgIpc) is 2.51. The van der Waals surface area contributed by atoms with Crippen LogP contribution in [0.1, 0.15) is 12.6 Å². The Morgan fingerprint density at radius 1 is 1.29 bits per heavy atom. The lowest BCUT2D eigenvalue weighted by Gasteiger charge is -2.06. The Morgan fingerprint density at radius 2 is 2.00 bits per heavy atom. The molecule has 4 nitrogen and oxygen atoms in total. The number of nitrogen functional groups attached to an aromatic ring is 1. The molecule has 0 amide bonds.